The van der Waals surface area contributed by atoms with Crippen LogP contribution in [-0.2, 0) is 28.9 Å². The number of hydrogen-bond acceptors (Lipinski definition) is 6. The van der Waals surface area contributed by atoms with Crippen LogP contribution in [-0.4, -0.2) is 51.5 Å². The van der Waals surface area contributed by atoms with Crippen LogP contribution in [0.25, 0.3) is 11.0 Å². The van der Waals surface area contributed by atoms with E-state index in [1.807, 2.05) is 25.3 Å². The minimum absolute atomic E-state index is 0. The number of halogens is 2. The van der Waals surface area contributed by atoms with Gasteiger partial charge in [0.2, 0.25) is 6.73 Å². The lowest BCUT2D eigenvalue weighted by atomic mass is 9.88. The van der Waals surface area contributed by atoms with Crippen LogP contribution >= 0.6 is 0 Å². The summed E-state index contributed by atoms with van der Waals surface area (Å²) in [6, 6.07) is 4.56. The Morgan fingerprint density at radius 3 is 2.73 bits per heavy atom. The molecule has 41 heavy (non-hydrogen) atoms. The van der Waals surface area contributed by atoms with Crippen LogP contribution in [0.3, 0.4) is 0 Å². The fourth-order valence-corrected chi connectivity index (χ4v) is 6.52. The van der Waals surface area contributed by atoms with Crippen LogP contribution in [0.1, 0.15) is 88.0 Å². The van der Waals surface area contributed by atoms with E-state index < -0.39 is 5.41 Å². The second-order valence-electron chi connectivity index (χ2n) is 12.4. The highest BCUT2D eigenvalue weighted by molar-refractivity contribution is 5.80. The van der Waals surface area contributed by atoms with E-state index in [1.165, 1.54) is 12.1 Å². The van der Waals surface area contributed by atoms with E-state index in [0.29, 0.717) is 23.0 Å². The second-order valence-corrected chi connectivity index (χ2v) is 12.4. The van der Waals surface area contributed by atoms with Crippen LogP contribution < -0.4 is 29.5 Å². The van der Waals surface area contributed by atoms with Gasteiger partial charge in [0.25, 0.3) is 5.56 Å². The molecule has 0 radical (unpaired) electrons. The second kappa shape index (κ2) is 12.9. The van der Waals surface area contributed by atoms with Crippen LogP contribution in [0.15, 0.2) is 27.5 Å². The van der Waals surface area contributed by atoms with Gasteiger partial charge in [0.1, 0.15) is 11.6 Å². The molecule has 0 bridgehead atoms. The van der Waals surface area contributed by atoms with Crippen molar-refractivity contribution in [2.24, 2.45) is 5.41 Å². The summed E-state index contributed by atoms with van der Waals surface area (Å²) in [7, 11) is 0. The maximum Gasteiger partial charge on any atom is 0.315 e. The molecule has 0 unspecified atom stereocenters. The highest BCUT2D eigenvalue weighted by Gasteiger charge is 2.39. The van der Waals surface area contributed by atoms with Gasteiger partial charge in [0, 0.05) is 60.9 Å². The van der Waals surface area contributed by atoms with Gasteiger partial charge in [-0.15, -0.1) is 0 Å². The lowest BCUT2D eigenvalue weighted by Gasteiger charge is -2.43. The molecule has 10 heteroatoms. The Hall–Kier alpha value is -2.34. The van der Waals surface area contributed by atoms with Crippen molar-refractivity contribution >= 4 is 16.9 Å². The molecule has 1 aromatic carbocycles. The van der Waals surface area contributed by atoms with Crippen LogP contribution in [0.5, 0.6) is 0 Å². The summed E-state index contributed by atoms with van der Waals surface area (Å²) in [5.74, 6) is 0.549. The largest absolute Gasteiger partial charge is 1.00 e. The summed E-state index contributed by atoms with van der Waals surface area (Å²) in [4.78, 5) is 31.3. The van der Waals surface area contributed by atoms with E-state index in [9.17, 15) is 14.0 Å². The molecule has 5 rings (SSSR count). The van der Waals surface area contributed by atoms with Crippen molar-refractivity contribution in [3.8, 4) is 0 Å². The van der Waals surface area contributed by atoms with Crippen molar-refractivity contribution in [1.29, 1.82) is 0 Å². The zero-order valence-electron chi connectivity index (χ0n) is 24.7. The van der Waals surface area contributed by atoms with Gasteiger partial charge >= 0.3 is 5.97 Å². The minimum atomic E-state index is -0.538. The summed E-state index contributed by atoms with van der Waals surface area (Å²) in [6.07, 6.45) is 6.85. The first-order valence-corrected chi connectivity index (χ1v) is 14.8. The molecular formula is C31H42FIN4O4. The summed E-state index contributed by atoms with van der Waals surface area (Å²) in [5, 5.41) is 5.16. The van der Waals surface area contributed by atoms with E-state index in [2.05, 4.69) is 12.1 Å². The predicted molar refractivity (Wildman–Crippen MR) is 150 cm³/mol. The van der Waals surface area contributed by atoms with Gasteiger partial charge < -0.3 is 33.2 Å². The molecule has 2 aliphatic rings. The molecule has 0 amide bonds. The molecule has 0 spiro atoms. The van der Waals surface area contributed by atoms with Crippen molar-refractivity contribution in [1.82, 2.24) is 14.7 Å². The molecule has 0 N–H and O–H groups in total. The van der Waals surface area contributed by atoms with Crippen molar-refractivity contribution in [3.05, 3.63) is 57.1 Å². The first kappa shape index (κ1) is 31.6. The Labute approximate surface area is 258 Å². The van der Waals surface area contributed by atoms with Crippen molar-refractivity contribution in [2.45, 2.75) is 91.5 Å². The van der Waals surface area contributed by atoms with Crippen molar-refractivity contribution < 1.29 is 46.9 Å². The molecular weight excluding hydrogens is 638 g/mol. The molecule has 0 atom stereocenters. The summed E-state index contributed by atoms with van der Waals surface area (Å²) in [5.41, 5.74) is 2.45. The van der Waals surface area contributed by atoms with Crippen LogP contribution in [0.4, 0.5) is 4.39 Å². The minimum Gasteiger partial charge on any atom is -1.00 e. The van der Waals surface area contributed by atoms with E-state index in [1.54, 1.807) is 6.07 Å². The van der Waals surface area contributed by atoms with E-state index in [-0.39, 0.29) is 54.0 Å². The van der Waals surface area contributed by atoms with Gasteiger partial charge in [-0.05, 0) is 52.2 Å². The van der Waals surface area contributed by atoms with Gasteiger partial charge in [-0.1, -0.05) is 18.5 Å². The average Bonchev–Trinajstić information content (AvgIpc) is 3.35. The fourth-order valence-electron chi connectivity index (χ4n) is 6.52. The Morgan fingerprint density at radius 2 is 2.00 bits per heavy atom. The third-order valence-corrected chi connectivity index (χ3v) is 9.07. The number of hydrogen-bond donors (Lipinski definition) is 0. The van der Waals surface area contributed by atoms with Crippen molar-refractivity contribution in [2.75, 3.05) is 26.4 Å². The van der Waals surface area contributed by atoms with E-state index in [0.717, 1.165) is 92.7 Å². The number of carbonyl (C=O) groups excluding carboxylic acids is 1. The lowest BCUT2D eigenvalue weighted by Crippen LogP contribution is -3.00. The maximum atomic E-state index is 13.7. The molecule has 1 fully saturated rings. The number of quaternary nitrogens is 1. The first-order chi connectivity index (χ1) is 19.1. The molecule has 0 aliphatic carbocycles. The molecule has 224 valence electrons. The highest BCUT2D eigenvalue weighted by atomic mass is 127. The quantitative estimate of drug-likeness (QED) is 0.196. The van der Waals surface area contributed by atoms with Gasteiger partial charge in [0.05, 0.1) is 30.7 Å². The summed E-state index contributed by atoms with van der Waals surface area (Å²) < 4.78 is 27.6. The molecule has 3 aromatic rings. The molecule has 4 heterocycles. The number of esters is 1. The Bertz CT molecular complexity index is 1440. The summed E-state index contributed by atoms with van der Waals surface area (Å²) >= 11 is 0. The Balaban J connectivity index is 0.00000387. The number of likely N-dealkylation sites (tertiary alicyclic amines) is 1. The number of piperidine rings is 1. The number of aryl methyl sites for hydroxylation is 2. The van der Waals surface area contributed by atoms with E-state index >= 15 is 0 Å². The third kappa shape index (κ3) is 6.68. The monoisotopic (exact) mass is 680 g/mol. The summed E-state index contributed by atoms with van der Waals surface area (Å²) in [6.45, 7) is 11.2. The number of carbonyl (C=O) groups is 1. The standard InChI is InChI=1S/C31H42FN4O4.HI/c1-5-14-31(3,4)30(38)39-20-36(18-13-24-21(2)33-27-8-6-7-15-35(27)29(24)37)16-11-22(12-17-36)28-25-10-9-23(32)19-26(25)40-34-28;/h9-10,19,22H,5-8,11-18,20H2,1-4H3;1H/q+1;/p-1. The van der Waals surface area contributed by atoms with Crippen LogP contribution in [0, 0.1) is 18.2 Å². The lowest BCUT2D eigenvalue weighted by molar-refractivity contribution is -0.948. The number of aromatic nitrogens is 3. The Kier molecular flexibility index (Phi) is 9.93. The Morgan fingerprint density at radius 1 is 1.24 bits per heavy atom. The third-order valence-electron chi connectivity index (χ3n) is 9.07. The van der Waals surface area contributed by atoms with Gasteiger partial charge in [0.15, 0.2) is 5.58 Å². The van der Waals surface area contributed by atoms with Gasteiger partial charge in [-0.2, -0.15) is 0 Å². The zero-order chi connectivity index (χ0) is 28.5. The molecule has 8 nitrogen and oxygen atoms in total. The molecule has 0 saturated carbocycles. The number of benzene rings is 1. The van der Waals surface area contributed by atoms with Crippen molar-refractivity contribution in [3.63, 3.8) is 0 Å². The molecule has 1 saturated heterocycles. The topological polar surface area (TPSA) is 87.2 Å². The number of rotatable bonds is 9. The fraction of sp³-hybridized carbons (Fsp3) is 0.613. The smallest absolute Gasteiger partial charge is 0.315 e. The van der Waals surface area contributed by atoms with E-state index in [4.69, 9.17) is 14.2 Å². The predicted octanol–water partition coefficient (Wildman–Crippen LogP) is 2.44. The first-order valence-electron chi connectivity index (χ1n) is 14.8. The van der Waals surface area contributed by atoms with Gasteiger partial charge in [-0.3, -0.25) is 18.6 Å². The maximum absolute atomic E-state index is 13.7. The number of fused-ring (bicyclic) bond motifs is 2. The molecule has 2 aromatic heterocycles. The average molecular weight is 681 g/mol. The normalized spacial score (nSPS) is 20.9. The SMILES string of the molecule is CCCC(C)(C)C(=O)OC[N+]1(CCc2c(C)nc3n(c2=O)CCCC3)CCC(c2noc3cc(F)ccc23)CC1.[I-]. The highest BCUT2D eigenvalue weighted by Crippen LogP contribution is 2.36. The molecule has 2 aliphatic heterocycles. The number of ether oxygens (including phenoxy) is 1. The van der Waals surface area contributed by atoms with Gasteiger partial charge in [-0.25, -0.2) is 9.37 Å². The van der Waals surface area contributed by atoms with Crippen LogP contribution in [0.2, 0.25) is 0 Å². The number of nitrogens with zero attached hydrogens (tertiary/aromatic N) is 4. The zero-order valence-corrected chi connectivity index (χ0v) is 26.8.